The van der Waals surface area contributed by atoms with Crippen molar-refractivity contribution in [2.45, 2.75) is 58.6 Å². The van der Waals surface area contributed by atoms with Crippen LogP contribution in [-0.2, 0) is 16.0 Å². The minimum Gasteiger partial charge on any atom is -0.393 e. The number of benzene rings is 1. The molecule has 1 N–H and O–H groups in total. The minimum atomic E-state index is -0.347. The normalized spacial score (nSPS) is 27.5. The second kappa shape index (κ2) is 7.24. The van der Waals surface area contributed by atoms with Gasteiger partial charge in [0, 0.05) is 25.1 Å². The maximum Gasteiger partial charge on any atom is 0.227 e. The lowest BCUT2D eigenvalue weighted by atomic mass is 9.89. The van der Waals surface area contributed by atoms with E-state index in [1.54, 1.807) is 0 Å². The summed E-state index contributed by atoms with van der Waals surface area (Å²) >= 11 is 0. The monoisotopic (exact) mass is 331 g/mol. The standard InChI is InChI=1S/C20H29NO3/c1-13-9-14(2)16(15(3)10-13)11-20(23)21-7-4-5-18(21)17-12-24-8-6-19(17)22/h9-10,17-19,22H,4-8,11-12H2,1-3H3/t17-,18+,19-/m0/s1. The molecule has 1 aromatic carbocycles. The van der Waals surface area contributed by atoms with Crippen LogP contribution in [-0.4, -0.2) is 47.8 Å². The molecule has 1 amide bonds. The van der Waals surface area contributed by atoms with Crippen LogP contribution >= 0.6 is 0 Å². The SMILES string of the molecule is Cc1cc(C)c(CC(=O)N2CCC[C@@H]2[C@@H]2COCC[C@@H]2O)c(C)c1. The van der Waals surface area contributed by atoms with Crippen molar-refractivity contribution in [3.8, 4) is 0 Å². The number of hydrogen-bond acceptors (Lipinski definition) is 3. The number of carbonyl (C=O) groups excluding carboxylic acids is 1. The molecular formula is C20H29NO3. The summed E-state index contributed by atoms with van der Waals surface area (Å²) < 4.78 is 5.56. The number of aliphatic hydroxyl groups is 1. The van der Waals surface area contributed by atoms with Gasteiger partial charge >= 0.3 is 0 Å². The molecule has 0 radical (unpaired) electrons. The van der Waals surface area contributed by atoms with Gasteiger partial charge in [-0.25, -0.2) is 0 Å². The summed E-state index contributed by atoms with van der Waals surface area (Å²) in [5, 5.41) is 10.3. The first-order valence-electron chi connectivity index (χ1n) is 9.09. The minimum absolute atomic E-state index is 0.0606. The molecule has 1 aromatic rings. The molecule has 2 fully saturated rings. The zero-order valence-corrected chi connectivity index (χ0v) is 15.0. The van der Waals surface area contributed by atoms with E-state index in [2.05, 4.69) is 32.9 Å². The summed E-state index contributed by atoms with van der Waals surface area (Å²) in [5.74, 6) is 0.246. The Labute approximate surface area is 144 Å². The number of likely N-dealkylation sites (tertiary alicyclic amines) is 1. The topological polar surface area (TPSA) is 49.8 Å². The van der Waals surface area contributed by atoms with Crippen LogP contribution in [0.4, 0.5) is 0 Å². The van der Waals surface area contributed by atoms with E-state index in [1.165, 1.54) is 16.7 Å². The zero-order chi connectivity index (χ0) is 17.3. The Bertz CT molecular complexity index is 590. The maximum atomic E-state index is 13.0. The van der Waals surface area contributed by atoms with Gasteiger partial charge in [-0.15, -0.1) is 0 Å². The summed E-state index contributed by atoms with van der Waals surface area (Å²) in [6.07, 6.45) is 2.78. The first-order valence-corrected chi connectivity index (χ1v) is 9.09. The lowest BCUT2D eigenvalue weighted by Crippen LogP contribution is -2.48. The number of hydrogen-bond donors (Lipinski definition) is 1. The summed E-state index contributed by atoms with van der Waals surface area (Å²) in [4.78, 5) is 15.0. The highest BCUT2D eigenvalue weighted by atomic mass is 16.5. The molecule has 0 aliphatic carbocycles. The van der Waals surface area contributed by atoms with Crippen molar-refractivity contribution in [1.82, 2.24) is 4.90 Å². The molecular weight excluding hydrogens is 302 g/mol. The van der Waals surface area contributed by atoms with Crippen molar-refractivity contribution in [3.05, 3.63) is 34.4 Å². The van der Waals surface area contributed by atoms with E-state index in [0.29, 0.717) is 26.1 Å². The van der Waals surface area contributed by atoms with Crippen LogP contribution in [0.3, 0.4) is 0 Å². The molecule has 2 saturated heterocycles. The van der Waals surface area contributed by atoms with Gasteiger partial charge in [-0.2, -0.15) is 0 Å². The predicted molar refractivity (Wildman–Crippen MR) is 94.0 cm³/mol. The van der Waals surface area contributed by atoms with Crippen molar-refractivity contribution in [3.63, 3.8) is 0 Å². The Balaban J connectivity index is 1.74. The number of aliphatic hydroxyl groups excluding tert-OH is 1. The third kappa shape index (κ3) is 3.50. The van der Waals surface area contributed by atoms with Crippen molar-refractivity contribution in [1.29, 1.82) is 0 Å². The summed E-state index contributed by atoms with van der Waals surface area (Å²) in [6, 6.07) is 4.42. The van der Waals surface area contributed by atoms with Gasteiger partial charge < -0.3 is 14.7 Å². The van der Waals surface area contributed by atoms with Crippen LogP contribution in [0.15, 0.2) is 12.1 Å². The number of ether oxygens (including phenoxy) is 1. The Hall–Kier alpha value is -1.39. The molecule has 2 heterocycles. The van der Waals surface area contributed by atoms with Crippen LogP contribution in [0.2, 0.25) is 0 Å². The van der Waals surface area contributed by atoms with E-state index < -0.39 is 0 Å². The lowest BCUT2D eigenvalue weighted by molar-refractivity contribution is -0.135. The molecule has 24 heavy (non-hydrogen) atoms. The van der Waals surface area contributed by atoms with E-state index in [1.807, 2.05) is 4.90 Å². The average molecular weight is 331 g/mol. The van der Waals surface area contributed by atoms with Crippen LogP contribution in [0.5, 0.6) is 0 Å². The number of aryl methyl sites for hydroxylation is 3. The quantitative estimate of drug-likeness (QED) is 0.926. The van der Waals surface area contributed by atoms with E-state index in [9.17, 15) is 9.90 Å². The highest BCUT2D eigenvalue weighted by Crippen LogP contribution is 2.30. The van der Waals surface area contributed by atoms with Gasteiger partial charge in [-0.05, 0) is 56.7 Å². The van der Waals surface area contributed by atoms with Gasteiger partial charge in [0.2, 0.25) is 5.91 Å². The first kappa shape index (κ1) is 17.4. The third-order valence-corrected chi connectivity index (χ3v) is 5.64. The molecule has 0 unspecified atom stereocenters. The molecule has 0 aromatic heterocycles. The Morgan fingerprint density at radius 1 is 1.25 bits per heavy atom. The Morgan fingerprint density at radius 3 is 2.62 bits per heavy atom. The lowest BCUT2D eigenvalue weighted by Gasteiger charge is -2.37. The second-order valence-corrected chi connectivity index (χ2v) is 7.45. The molecule has 0 saturated carbocycles. The highest BCUT2D eigenvalue weighted by Gasteiger charge is 2.39. The van der Waals surface area contributed by atoms with E-state index in [0.717, 1.165) is 24.9 Å². The fourth-order valence-electron chi connectivity index (χ4n) is 4.40. The summed E-state index contributed by atoms with van der Waals surface area (Å²) in [7, 11) is 0. The first-order chi connectivity index (χ1) is 11.5. The molecule has 132 valence electrons. The summed E-state index contributed by atoms with van der Waals surface area (Å²) in [6.45, 7) is 8.26. The highest BCUT2D eigenvalue weighted by molar-refractivity contribution is 5.80. The third-order valence-electron chi connectivity index (χ3n) is 5.64. The fourth-order valence-corrected chi connectivity index (χ4v) is 4.40. The molecule has 2 aliphatic rings. The number of rotatable bonds is 3. The van der Waals surface area contributed by atoms with E-state index in [4.69, 9.17) is 4.74 Å². The molecule has 0 spiro atoms. The van der Waals surface area contributed by atoms with Crippen LogP contribution < -0.4 is 0 Å². The van der Waals surface area contributed by atoms with Gasteiger partial charge in [0.05, 0.1) is 19.1 Å². The van der Waals surface area contributed by atoms with Crippen molar-refractivity contribution >= 4 is 5.91 Å². The van der Waals surface area contributed by atoms with E-state index >= 15 is 0 Å². The van der Waals surface area contributed by atoms with Crippen molar-refractivity contribution < 1.29 is 14.6 Å². The number of amides is 1. The van der Waals surface area contributed by atoms with Gasteiger partial charge in [0.15, 0.2) is 0 Å². The molecule has 4 nitrogen and oxygen atoms in total. The van der Waals surface area contributed by atoms with Gasteiger partial charge in [-0.3, -0.25) is 4.79 Å². The van der Waals surface area contributed by atoms with Gasteiger partial charge in [0.25, 0.3) is 0 Å². The largest absolute Gasteiger partial charge is 0.393 e. The second-order valence-electron chi connectivity index (χ2n) is 7.45. The molecule has 3 rings (SSSR count). The Kier molecular flexibility index (Phi) is 5.26. The van der Waals surface area contributed by atoms with Gasteiger partial charge in [-0.1, -0.05) is 17.7 Å². The van der Waals surface area contributed by atoms with Crippen LogP contribution in [0.1, 0.15) is 41.5 Å². The van der Waals surface area contributed by atoms with E-state index in [-0.39, 0.29) is 24.0 Å². The van der Waals surface area contributed by atoms with Crippen molar-refractivity contribution in [2.75, 3.05) is 19.8 Å². The summed E-state index contributed by atoms with van der Waals surface area (Å²) in [5.41, 5.74) is 4.77. The van der Waals surface area contributed by atoms with Crippen molar-refractivity contribution in [2.24, 2.45) is 5.92 Å². The maximum absolute atomic E-state index is 13.0. The molecule has 2 aliphatic heterocycles. The predicted octanol–water partition coefficient (Wildman–Crippen LogP) is 2.54. The zero-order valence-electron chi connectivity index (χ0n) is 15.0. The molecule has 0 bridgehead atoms. The average Bonchev–Trinajstić information content (AvgIpc) is 3.00. The smallest absolute Gasteiger partial charge is 0.227 e. The van der Waals surface area contributed by atoms with Crippen LogP contribution in [0.25, 0.3) is 0 Å². The van der Waals surface area contributed by atoms with Crippen LogP contribution in [0, 0.1) is 26.7 Å². The number of nitrogens with zero attached hydrogens (tertiary/aromatic N) is 1. The Morgan fingerprint density at radius 2 is 1.96 bits per heavy atom. The fraction of sp³-hybridized carbons (Fsp3) is 0.650. The number of carbonyl (C=O) groups is 1. The molecule has 4 heteroatoms. The molecule has 3 atom stereocenters. The van der Waals surface area contributed by atoms with Gasteiger partial charge in [0.1, 0.15) is 0 Å².